The fourth-order valence-corrected chi connectivity index (χ4v) is 1.13. The Kier molecular flexibility index (Phi) is 11.2. The first-order valence-corrected chi connectivity index (χ1v) is 6.37. The van der Waals surface area contributed by atoms with Gasteiger partial charge >= 0.3 is 0 Å². The van der Waals surface area contributed by atoms with E-state index in [2.05, 4.69) is 37.2 Å². The van der Waals surface area contributed by atoms with Crippen LogP contribution >= 0.6 is 0 Å². The summed E-state index contributed by atoms with van der Waals surface area (Å²) in [4.78, 5) is 4.34. The van der Waals surface area contributed by atoms with Gasteiger partial charge in [0.05, 0.1) is 0 Å². The normalized spacial score (nSPS) is 12.8. The highest BCUT2D eigenvalue weighted by atomic mass is 14.8. The summed E-state index contributed by atoms with van der Waals surface area (Å²) in [6.45, 7) is 8.46. The van der Waals surface area contributed by atoms with Crippen LogP contribution in [0, 0.1) is 0 Å². The number of unbranched alkanes of at least 4 members (excludes halogenated alkanes) is 2. The summed E-state index contributed by atoms with van der Waals surface area (Å²) in [5.41, 5.74) is 1.20. The van der Waals surface area contributed by atoms with Gasteiger partial charge in [0.1, 0.15) is 0 Å². The van der Waals surface area contributed by atoms with Crippen molar-refractivity contribution in [1.29, 1.82) is 0 Å². The van der Waals surface area contributed by atoms with Gasteiger partial charge in [-0.3, -0.25) is 4.99 Å². The lowest BCUT2D eigenvalue weighted by Crippen LogP contribution is -2.05. The zero-order valence-corrected chi connectivity index (χ0v) is 11.0. The van der Waals surface area contributed by atoms with E-state index in [9.17, 15) is 0 Å². The van der Waals surface area contributed by atoms with Gasteiger partial charge in [-0.25, -0.2) is 0 Å². The van der Waals surface area contributed by atoms with Gasteiger partial charge < -0.3 is 5.32 Å². The van der Waals surface area contributed by atoms with Crippen molar-refractivity contribution in [3.63, 3.8) is 0 Å². The molecule has 0 bridgehead atoms. The molecule has 0 atom stereocenters. The highest BCUT2D eigenvalue weighted by Crippen LogP contribution is 1.91. The molecule has 0 spiro atoms. The summed E-state index contributed by atoms with van der Waals surface area (Å²) in [5.74, 6) is 0. The Hall–Kier alpha value is -1.05. The Morgan fingerprint density at radius 3 is 2.62 bits per heavy atom. The summed E-state index contributed by atoms with van der Waals surface area (Å²) in [5, 5.41) is 3.25. The lowest BCUT2D eigenvalue weighted by atomic mass is 10.3. The van der Waals surface area contributed by atoms with Crippen LogP contribution in [0.2, 0.25) is 0 Å². The maximum Gasteiger partial charge on any atom is 0.0389 e. The van der Waals surface area contributed by atoms with Crippen LogP contribution < -0.4 is 5.32 Å². The molecule has 0 aromatic rings. The van der Waals surface area contributed by atoms with E-state index in [1.165, 1.54) is 31.3 Å². The van der Waals surface area contributed by atoms with E-state index in [4.69, 9.17) is 0 Å². The minimum Gasteiger partial charge on any atom is -0.391 e. The fourth-order valence-electron chi connectivity index (χ4n) is 1.13. The highest BCUT2D eigenvalue weighted by Gasteiger charge is 1.81. The Morgan fingerprint density at radius 2 is 1.94 bits per heavy atom. The predicted molar refractivity (Wildman–Crippen MR) is 74.1 cm³/mol. The Morgan fingerprint density at radius 1 is 1.19 bits per heavy atom. The van der Waals surface area contributed by atoms with Gasteiger partial charge in [0.25, 0.3) is 0 Å². The van der Waals surface area contributed by atoms with Gasteiger partial charge in [0.2, 0.25) is 0 Å². The van der Waals surface area contributed by atoms with Crippen molar-refractivity contribution in [3.8, 4) is 0 Å². The molecule has 0 fully saturated rings. The molecule has 0 aliphatic heterocycles. The van der Waals surface area contributed by atoms with Crippen molar-refractivity contribution in [2.24, 2.45) is 4.99 Å². The van der Waals surface area contributed by atoms with Gasteiger partial charge in [-0.2, -0.15) is 0 Å². The molecule has 0 saturated heterocycles. The molecule has 0 aromatic heterocycles. The van der Waals surface area contributed by atoms with E-state index in [1.54, 1.807) is 0 Å². The standard InChI is InChI=1S/C14H26N2/c1-4-6-10-15-12-8-9-14(3)13-16-11-7-5-2/h8-9,12-13,15H,4-7,10-11H2,1-3H3/b12-8+,14-9+,16-13?. The summed E-state index contributed by atoms with van der Waals surface area (Å²) in [7, 11) is 0. The third-order valence-corrected chi connectivity index (χ3v) is 2.18. The fraction of sp³-hybridized carbons (Fsp3) is 0.643. The third-order valence-electron chi connectivity index (χ3n) is 2.18. The van der Waals surface area contributed by atoms with Crippen molar-refractivity contribution < 1.29 is 0 Å². The van der Waals surface area contributed by atoms with Crippen molar-refractivity contribution in [1.82, 2.24) is 5.32 Å². The maximum atomic E-state index is 4.34. The van der Waals surface area contributed by atoms with Gasteiger partial charge in [-0.05, 0) is 37.6 Å². The lowest BCUT2D eigenvalue weighted by Gasteiger charge is -1.95. The van der Waals surface area contributed by atoms with Gasteiger partial charge in [0.15, 0.2) is 0 Å². The van der Waals surface area contributed by atoms with Gasteiger partial charge in [-0.15, -0.1) is 0 Å². The molecule has 0 rings (SSSR count). The summed E-state index contributed by atoms with van der Waals surface area (Å²) < 4.78 is 0. The summed E-state index contributed by atoms with van der Waals surface area (Å²) in [6, 6.07) is 0. The number of nitrogens with zero attached hydrogens (tertiary/aromatic N) is 1. The molecule has 1 N–H and O–H groups in total. The van der Waals surface area contributed by atoms with Crippen LogP contribution in [0.5, 0.6) is 0 Å². The molecule has 2 heteroatoms. The van der Waals surface area contributed by atoms with Crippen LogP contribution in [-0.2, 0) is 0 Å². The molecule has 0 aliphatic carbocycles. The molecule has 0 unspecified atom stereocenters. The lowest BCUT2D eigenvalue weighted by molar-refractivity contribution is 0.735. The number of nitrogens with one attached hydrogen (secondary N) is 1. The third kappa shape index (κ3) is 11.0. The van der Waals surface area contributed by atoms with E-state index in [1.807, 2.05) is 18.5 Å². The average Bonchev–Trinajstić information content (AvgIpc) is 2.29. The first-order chi connectivity index (χ1) is 7.81. The molecule has 0 amide bonds. The molecule has 16 heavy (non-hydrogen) atoms. The predicted octanol–water partition coefficient (Wildman–Crippen LogP) is 3.71. The largest absolute Gasteiger partial charge is 0.391 e. The summed E-state index contributed by atoms with van der Waals surface area (Å²) >= 11 is 0. The topological polar surface area (TPSA) is 24.4 Å². The van der Waals surface area contributed by atoms with Gasteiger partial charge in [-0.1, -0.05) is 32.8 Å². The zero-order chi connectivity index (χ0) is 12.1. The first kappa shape index (κ1) is 14.9. The molecular formula is C14H26N2. The molecule has 0 heterocycles. The second-order valence-corrected chi connectivity index (χ2v) is 3.97. The quantitative estimate of drug-likeness (QED) is 0.359. The Balaban J connectivity index is 3.64. The Labute approximate surface area is 101 Å². The van der Waals surface area contributed by atoms with Crippen molar-refractivity contribution >= 4 is 6.21 Å². The maximum absolute atomic E-state index is 4.34. The van der Waals surface area contributed by atoms with E-state index >= 15 is 0 Å². The van der Waals surface area contributed by atoms with Crippen molar-refractivity contribution in [2.75, 3.05) is 13.1 Å². The van der Waals surface area contributed by atoms with Crippen LogP contribution in [0.3, 0.4) is 0 Å². The van der Waals surface area contributed by atoms with E-state index in [0.29, 0.717) is 0 Å². The molecule has 2 nitrogen and oxygen atoms in total. The second-order valence-electron chi connectivity index (χ2n) is 3.97. The summed E-state index contributed by atoms with van der Waals surface area (Å²) in [6.07, 6.45) is 12.9. The second kappa shape index (κ2) is 12.0. The van der Waals surface area contributed by atoms with E-state index < -0.39 is 0 Å². The first-order valence-electron chi connectivity index (χ1n) is 6.37. The number of rotatable bonds is 9. The molecule has 0 radical (unpaired) electrons. The minimum atomic E-state index is 0.945. The number of hydrogen-bond acceptors (Lipinski definition) is 2. The molecule has 0 aromatic carbocycles. The van der Waals surface area contributed by atoms with Crippen LogP contribution in [-0.4, -0.2) is 19.3 Å². The van der Waals surface area contributed by atoms with Crippen LogP contribution in [0.4, 0.5) is 0 Å². The van der Waals surface area contributed by atoms with Crippen LogP contribution in [0.25, 0.3) is 0 Å². The number of allylic oxidation sites excluding steroid dienone is 3. The monoisotopic (exact) mass is 222 g/mol. The van der Waals surface area contributed by atoms with Crippen LogP contribution in [0.1, 0.15) is 46.5 Å². The number of aliphatic imine (C=N–C) groups is 1. The SMILES string of the molecule is CCCCN=C/C(C)=C/C=C/NCCCC. The van der Waals surface area contributed by atoms with Crippen molar-refractivity contribution in [2.45, 2.75) is 46.5 Å². The minimum absolute atomic E-state index is 0.945. The van der Waals surface area contributed by atoms with Crippen LogP contribution in [0.15, 0.2) is 28.9 Å². The van der Waals surface area contributed by atoms with Crippen molar-refractivity contribution in [3.05, 3.63) is 23.9 Å². The molecule has 0 aliphatic rings. The van der Waals surface area contributed by atoms with Gasteiger partial charge in [0, 0.05) is 19.3 Å². The van der Waals surface area contributed by atoms with E-state index in [-0.39, 0.29) is 0 Å². The number of hydrogen-bond donors (Lipinski definition) is 1. The Bertz CT molecular complexity index is 227. The molecular weight excluding hydrogens is 196 g/mol. The highest BCUT2D eigenvalue weighted by molar-refractivity contribution is 5.78. The van der Waals surface area contributed by atoms with E-state index in [0.717, 1.165) is 13.1 Å². The zero-order valence-electron chi connectivity index (χ0n) is 11.0. The molecule has 0 saturated carbocycles. The average molecular weight is 222 g/mol. The smallest absolute Gasteiger partial charge is 0.0389 e. The molecule has 92 valence electrons.